The van der Waals surface area contributed by atoms with E-state index >= 15 is 0 Å². The van der Waals surface area contributed by atoms with Crippen LogP contribution in [0.1, 0.15) is 51.1 Å². The molecule has 1 aromatic carbocycles. The molecule has 0 saturated carbocycles. The van der Waals surface area contributed by atoms with Gasteiger partial charge in [-0.15, -0.1) is 0 Å². The minimum Gasteiger partial charge on any atom is -0.348 e. The fourth-order valence-electron chi connectivity index (χ4n) is 2.81. The first-order chi connectivity index (χ1) is 10.1. The highest BCUT2D eigenvalue weighted by atomic mass is 35.5. The van der Waals surface area contributed by atoms with Crippen LogP contribution in [0, 0.1) is 5.92 Å². The normalized spacial score (nSPS) is 20.9. The molecule has 1 fully saturated rings. The second-order valence-corrected chi connectivity index (χ2v) is 6.57. The molecule has 3 nitrogen and oxygen atoms in total. The smallest absolute Gasteiger partial charge is 0.237 e. The van der Waals surface area contributed by atoms with Crippen molar-refractivity contribution in [3.63, 3.8) is 0 Å². The minimum atomic E-state index is -0.0546. The molecule has 2 atom stereocenters. The Bertz CT molecular complexity index is 450. The lowest BCUT2D eigenvalue weighted by molar-refractivity contribution is -0.124. The zero-order valence-electron chi connectivity index (χ0n) is 12.9. The van der Waals surface area contributed by atoms with Gasteiger partial charge in [0, 0.05) is 5.02 Å². The number of hydrogen-bond donors (Lipinski definition) is 2. The zero-order valence-corrected chi connectivity index (χ0v) is 13.6. The highest BCUT2D eigenvalue weighted by molar-refractivity contribution is 6.30. The summed E-state index contributed by atoms with van der Waals surface area (Å²) in [7, 11) is 0. The number of amides is 1. The summed E-state index contributed by atoms with van der Waals surface area (Å²) in [5.41, 5.74) is 1.11. The lowest BCUT2D eigenvalue weighted by Crippen LogP contribution is -2.45. The van der Waals surface area contributed by atoms with Crippen LogP contribution in [0.3, 0.4) is 0 Å². The second kappa shape index (κ2) is 7.81. The molecule has 0 bridgehead atoms. The number of rotatable bonds is 4. The van der Waals surface area contributed by atoms with E-state index in [4.69, 9.17) is 11.6 Å². The number of nitrogens with one attached hydrogen (secondary N) is 2. The maximum Gasteiger partial charge on any atom is 0.237 e. The predicted octanol–water partition coefficient (Wildman–Crippen LogP) is 3.69. The summed E-state index contributed by atoms with van der Waals surface area (Å²) >= 11 is 5.94. The van der Waals surface area contributed by atoms with Gasteiger partial charge in [0.05, 0.1) is 12.1 Å². The molecule has 0 radical (unpaired) electrons. The van der Waals surface area contributed by atoms with Crippen molar-refractivity contribution in [3.05, 3.63) is 34.9 Å². The molecule has 116 valence electrons. The van der Waals surface area contributed by atoms with Crippen LogP contribution in [0.4, 0.5) is 0 Å². The monoisotopic (exact) mass is 308 g/mol. The van der Waals surface area contributed by atoms with Crippen molar-refractivity contribution in [3.8, 4) is 0 Å². The van der Waals surface area contributed by atoms with Gasteiger partial charge in [-0.2, -0.15) is 0 Å². The van der Waals surface area contributed by atoms with Crippen LogP contribution < -0.4 is 10.6 Å². The molecule has 0 spiro atoms. The van der Waals surface area contributed by atoms with Gasteiger partial charge in [-0.3, -0.25) is 4.79 Å². The zero-order chi connectivity index (χ0) is 15.2. The van der Waals surface area contributed by atoms with Crippen molar-refractivity contribution in [2.24, 2.45) is 5.92 Å². The molecule has 1 aliphatic rings. The van der Waals surface area contributed by atoms with Crippen molar-refractivity contribution in [1.82, 2.24) is 10.6 Å². The van der Waals surface area contributed by atoms with E-state index in [1.54, 1.807) is 0 Å². The molecule has 1 amide bonds. The third kappa shape index (κ3) is 4.72. The van der Waals surface area contributed by atoms with Crippen molar-refractivity contribution in [2.45, 2.75) is 51.6 Å². The summed E-state index contributed by atoms with van der Waals surface area (Å²) in [6, 6.07) is 7.72. The molecule has 2 unspecified atom stereocenters. The molecule has 4 heteroatoms. The predicted molar refractivity (Wildman–Crippen MR) is 87.4 cm³/mol. The quantitative estimate of drug-likeness (QED) is 0.891. The van der Waals surface area contributed by atoms with Crippen LogP contribution in [-0.2, 0) is 4.79 Å². The van der Waals surface area contributed by atoms with Gasteiger partial charge < -0.3 is 10.6 Å². The Morgan fingerprint density at radius 2 is 1.95 bits per heavy atom. The number of hydrogen-bond acceptors (Lipinski definition) is 2. The first-order valence-corrected chi connectivity index (χ1v) is 8.25. The van der Waals surface area contributed by atoms with E-state index in [-0.39, 0.29) is 18.0 Å². The van der Waals surface area contributed by atoms with Crippen molar-refractivity contribution in [2.75, 3.05) is 6.54 Å². The third-order valence-corrected chi connectivity index (χ3v) is 4.32. The largest absolute Gasteiger partial charge is 0.348 e. The molecule has 2 N–H and O–H groups in total. The SMILES string of the molecule is CC(C)C(NC(=O)C1CCCCCN1)c1ccc(Cl)cc1. The van der Waals surface area contributed by atoms with Crippen LogP contribution >= 0.6 is 11.6 Å². The average molecular weight is 309 g/mol. The Labute approximate surface area is 132 Å². The molecule has 0 aliphatic carbocycles. The Balaban J connectivity index is 2.05. The first kappa shape index (κ1) is 16.3. The van der Waals surface area contributed by atoms with Crippen molar-refractivity contribution in [1.29, 1.82) is 0 Å². The van der Waals surface area contributed by atoms with Gasteiger partial charge in [0.2, 0.25) is 5.91 Å². The van der Waals surface area contributed by atoms with Crippen LogP contribution in [0.25, 0.3) is 0 Å². The van der Waals surface area contributed by atoms with Gasteiger partial charge in [-0.05, 0) is 43.0 Å². The summed E-state index contributed by atoms with van der Waals surface area (Å²) in [4.78, 5) is 12.5. The minimum absolute atomic E-state index is 0.0276. The van der Waals surface area contributed by atoms with E-state index in [0.717, 1.165) is 36.4 Å². The van der Waals surface area contributed by atoms with E-state index in [1.165, 1.54) is 6.42 Å². The maximum atomic E-state index is 12.5. The maximum absolute atomic E-state index is 12.5. The summed E-state index contributed by atoms with van der Waals surface area (Å²) in [5.74, 6) is 0.450. The van der Waals surface area contributed by atoms with E-state index in [2.05, 4.69) is 24.5 Å². The molecule has 2 rings (SSSR count). The van der Waals surface area contributed by atoms with Gasteiger partial charge in [0.1, 0.15) is 0 Å². The van der Waals surface area contributed by atoms with E-state index < -0.39 is 0 Å². The number of benzene rings is 1. The summed E-state index contributed by atoms with van der Waals surface area (Å²) in [6.45, 7) is 5.19. The fraction of sp³-hybridized carbons (Fsp3) is 0.588. The number of carbonyl (C=O) groups is 1. The lowest BCUT2D eigenvalue weighted by atomic mass is 9.95. The Hall–Kier alpha value is -1.06. The van der Waals surface area contributed by atoms with Crippen LogP contribution in [0.5, 0.6) is 0 Å². The molecular formula is C17H25ClN2O. The average Bonchev–Trinajstić information content (AvgIpc) is 2.74. The third-order valence-electron chi connectivity index (χ3n) is 4.07. The summed E-state index contributed by atoms with van der Waals surface area (Å²) in [5, 5.41) is 7.28. The van der Waals surface area contributed by atoms with Gasteiger partial charge >= 0.3 is 0 Å². The van der Waals surface area contributed by atoms with Crippen molar-refractivity contribution >= 4 is 17.5 Å². The molecular weight excluding hydrogens is 284 g/mol. The number of carbonyl (C=O) groups excluding carboxylic acids is 1. The van der Waals surface area contributed by atoms with Crippen molar-refractivity contribution < 1.29 is 4.79 Å². The molecule has 1 aromatic rings. The fourth-order valence-corrected chi connectivity index (χ4v) is 2.94. The van der Waals surface area contributed by atoms with E-state index in [0.29, 0.717) is 5.92 Å². The molecule has 0 aromatic heterocycles. The highest BCUT2D eigenvalue weighted by Gasteiger charge is 2.24. The van der Waals surface area contributed by atoms with Crippen LogP contribution in [0.15, 0.2) is 24.3 Å². The van der Waals surface area contributed by atoms with E-state index in [1.807, 2.05) is 24.3 Å². The molecule has 1 saturated heterocycles. The molecule has 1 heterocycles. The lowest BCUT2D eigenvalue weighted by Gasteiger charge is -2.26. The number of halogens is 1. The van der Waals surface area contributed by atoms with Crippen LogP contribution in [-0.4, -0.2) is 18.5 Å². The molecule has 21 heavy (non-hydrogen) atoms. The Morgan fingerprint density at radius 3 is 2.62 bits per heavy atom. The van der Waals surface area contributed by atoms with Gasteiger partial charge in [0.15, 0.2) is 0 Å². The highest BCUT2D eigenvalue weighted by Crippen LogP contribution is 2.23. The first-order valence-electron chi connectivity index (χ1n) is 7.87. The standard InChI is InChI=1S/C17H25ClN2O/c1-12(2)16(13-7-9-14(18)10-8-13)20-17(21)15-6-4-3-5-11-19-15/h7-10,12,15-16,19H,3-6,11H2,1-2H3,(H,20,21). The van der Waals surface area contributed by atoms with Crippen LogP contribution in [0.2, 0.25) is 5.02 Å². The molecule has 1 aliphatic heterocycles. The van der Waals surface area contributed by atoms with Gasteiger partial charge in [0.25, 0.3) is 0 Å². The van der Waals surface area contributed by atoms with E-state index in [9.17, 15) is 4.79 Å². The Kier molecular flexibility index (Phi) is 6.07. The second-order valence-electron chi connectivity index (χ2n) is 6.14. The summed E-state index contributed by atoms with van der Waals surface area (Å²) < 4.78 is 0. The van der Waals surface area contributed by atoms with Gasteiger partial charge in [-0.25, -0.2) is 0 Å². The Morgan fingerprint density at radius 1 is 1.24 bits per heavy atom. The van der Waals surface area contributed by atoms with Gasteiger partial charge in [-0.1, -0.05) is 50.4 Å². The summed E-state index contributed by atoms with van der Waals surface area (Å²) in [6.07, 6.45) is 4.42. The topological polar surface area (TPSA) is 41.1 Å².